The fourth-order valence-corrected chi connectivity index (χ4v) is 2.13. The van der Waals surface area contributed by atoms with Gasteiger partial charge in [-0.25, -0.2) is 0 Å². The number of likely N-dealkylation sites (tertiary alicyclic amines) is 1. The summed E-state index contributed by atoms with van der Waals surface area (Å²) in [6, 6.07) is 0.307. The van der Waals surface area contributed by atoms with E-state index in [0.29, 0.717) is 12.5 Å². The molecule has 1 N–H and O–H groups in total. The summed E-state index contributed by atoms with van der Waals surface area (Å²) in [5.74, 6) is 0.425. The van der Waals surface area contributed by atoms with Gasteiger partial charge in [0.2, 0.25) is 5.91 Å². The molecule has 0 saturated carbocycles. The van der Waals surface area contributed by atoms with Gasteiger partial charge in [-0.15, -0.1) is 0 Å². The van der Waals surface area contributed by atoms with E-state index in [0.717, 1.165) is 25.9 Å². The number of rotatable bonds is 2. The average Bonchev–Trinajstić information content (AvgIpc) is 2.75. The Kier molecular flexibility index (Phi) is 3.12. The molecule has 0 atom stereocenters. The van der Waals surface area contributed by atoms with Crippen LogP contribution in [0.15, 0.2) is 12.4 Å². The van der Waals surface area contributed by atoms with Crippen LogP contribution >= 0.6 is 0 Å². The molecule has 1 aliphatic rings. The summed E-state index contributed by atoms with van der Waals surface area (Å²) in [5, 5.41) is 13.3. The topological polar surface area (TPSA) is 58.4 Å². The number of hydrogen-bond acceptors (Lipinski definition) is 3. The van der Waals surface area contributed by atoms with Crippen molar-refractivity contribution >= 4 is 5.91 Å². The maximum Gasteiger partial charge on any atom is 0.222 e. The van der Waals surface area contributed by atoms with Gasteiger partial charge >= 0.3 is 0 Å². The molecule has 0 spiro atoms. The third kappa shape index (κ3) is 2.18. The van der Waals surface area contributed by atoms with Gasteiger partial charge in [-0.1, -0.05) is 6.92 Å². The zero-order valence-corrected chi connectivity index (χ0v) is 9.46. The van der Waals surface area contributed by atoms with Gasteiger partial charge in [-0.2, -0.15) is 5.10 Å². The Morgan fingerprint density at radius 2 is 2.25 bits per heavy atom. The minimum Gasteiger partial charge on any atom is -0.505 e. The molecule has 5 heteroatoms. The highest BCUT2D eigenvalue weighted by molar-refractivity contribution is 5.75. The monoisotopic (exact) mass is 223 g/mol. The third-order valence-corrected chi connectivity index (χ3v) is 3.08. The predicted molar refractivity (Wildman–Crippen MR) is 59.0 cm³/mol. The molecule has 1 aromatic heterocycles. The molecular formula is C11H17N3O2. The van der Waals surface area contributed by atoms with Crippen LogP contribution in [-0.4, -0.2) is 38.8 Å². The van der Waals surface area contributed by atoms with E-state index in [9.17, 15) is 9.90 Å². The number of carbonyl (C=O) groups excluding carboxylic acids is 1. The lowest BCUT2D eigenvalue weighted by atomic mass is 10.1. The van der Waals surface area contributed by atoms with Crippen LogP contribution in [-0.2, 0) is 4.79 Å². The second-order valence-corrected chi connectivity index (χ2v) is 4.14. The fraction of sp³-hybridized carbons (Fsp3) is 0.636. The van der Waals surface area contributed by atoms with Crippen LogP contribution in [0.4, 0.5) is 0 Å². The van der Waals surface area contributed by atoms with E-state index in [2.05, 4.69) is 5.10 Å². The highest BCUT2D eigenvalue weighted by Crippen LogP contribution is 2.23. The van der Waals surface area contributed by atoms with Crippen molar-refractivity contribution in [1.82, 2.24) is 14.7 Å². The second-order valence-electron chi connectivity index (χ2n) is 4.14. The minimum atomic E-state index is 0.201. The molecule has 0 bridgehead atoms. The van der Waals surface area contributed by atoms with Crippen LogP contribution in [0.25, 0.3) is 0 Å². The highest BCUT2D eigenvalue weighted by Gasteiger charge is 2.23. The van der Waals surface area contributed by atoms with Crippen LogP contribution in [0.3, 0.4) is 0 Å². The molecule has 16 heavy (non-hydrogen) atoms. The molecule has 88 valence electrons. The zero-order valence-electron chi connectivity index (χ0n) is 9.46. The SMILES string of the molecule is CCC(=O)N1CCC(n2cc(O)cn2)CC1. The summed E-state index contributed by atoms with van der Waals surface area (Å²) in [6.45, 7) is 3.47. The summed E-state index contributed by atoms with van der Waals surface area (Å²) in [6.07, 6.45) is 5.48. The van der Waals surface area contributed by atoms with Gasteiger partial charge in [-0.05, 0) is 12.8 Å². The number of carbonyl (C=O) groups is 1. The molecule has 1 aliphatic heterocycles. The van der Waals surface area contributed by atoms with Gasteiger partial charge in [0.1, 0.15) is 0 Å². The van der Waals surface area contributed by atoms with Crippen molar-refractivity contribution in [3.63, 3.8) is 0 Å². The lowest BCUT2D eigenvalue weighted by Crippen LogP contribution is -2.38. The normalized spacial score (nSPS) is 17.7. The van der Waals surface area contributed by atoms with Gasteiger partial charge < -0.3 is 10.0 Å². The first-order chi connectivity index (χ1) is 7.70. The molecule has 5 nitrogen and oxygen atoms in total. The number of amides is 1. The summed E-state index contributed by atoms with van der Waals surface area (Å²) in [7, 11) is 0. The molecule has 2 rings (SSSR count). The lowest BCUT2D eigenvalue weighted by Gasteiger charge is -2.31. The van der Waals surface area contributed by atoms with Crippen molar-refractivity contribution in [3.8, 4) is 5.75 Å². The van der Waals surface area contributed by atoms with Crippen molar-refractivity contribution in [1.29, 1.82) is 0 Å². The smallest absolute Gasteiger partial charge is 0.222 e. The first-order valence-electron chi connectivity index (χ1n) is 5.71. The second kappa shape index (κ2) is 4.55. The Hall–Kier alpha value is -1.52. The maximum atomic E-state index is 11.5. The average molecular weight is 223 g/mol. The van der Waals surface area contributed by atoms with Crippen LogP contribution in [0.2, 0.25) is 0 Å². The standard InChI is InChI=1S/C11H17N3O2/c1-2-11(16)13-5-3-9(4-6-13)14-8-10(15)7-12-14/h7-9,15H,2-6H2,1H3. The van der Waals surface area contributed by atoms with E-state index in [1.54, 1.807) is 10.9 Å². The largest absolute Gasteiger partial charge is 0.505 e. The Bertz CT molecular complexity index is 367. The van der Waals surface area contributed by atoms with E-state index in [1.807, 2.05) is 11.8 Å². The third-order valence-electron chi connectivity index (χ3n) is 3.08. The van der Waals surface area contributed by atoms with Crippen molar-refractivity contribution in [3.05, 3.63) is 12.4 Å². The van der Waals surface area contributed by atoms with Crippen molar-refractivity contribution in [2.45, 2.75) is 32.2 Å². The van der Waals surface area contributed by atoms with Crippen LogP contribution < -0.4 is 0 Å². The molecule has 1 aromatic rings. The fourth-order valence-electron chi connectivity index (χ4n) is 2.13. The number of piperidine rings is 1. The number of aromatic hydroxyl groups is 1. The van der Waals surface area contributed by atoms with Gasteiger partial charge in [0.05, 0.1) is 18.4 Å². The van der Waals surface area contributed by atoms with Gasteiger partial charge in [0.15, 0.2) is 5.75 Å². The van der Waals surface area contributed by atoms with Crippen molar-refractivity contribution in [2.75, 3.05) is 13.1 Å². The van der Waals surface area contributed by atoms with Gasteiger partial charge in [-0.3, -0.25) is 9.48 Å². The Morgan fingerprint density at radius 1 is 1.56 bits per heavy atom. The first kappa shape index (κ1) is 11.0. The predicted octanol–water partition coefficient (Wildman–Crippen LogP) is 1.16. The molecule has 1 amide bonds. The maximum absolute atomic E-state index is 11.5. The Labute approximate surface area is 94.7 Å². The van der Waals surface area contributed by atoms with E-state index in [1.165, 1.54) is 6.20 Å². The summed E-state index contributed by atoms with van der Waals surface area (Å²) in [4.78, 5) is 13.4. The van der Waals surface area contributed by atoms with Gasteiger partial charge in [0.25, 0.3) is 0 Å². The molecule has 0 aromatic carbocycles. The number of aromatic nitrogens is 2. The lowest BCUT2D eigenvalue weighted by molar-refractivity contribution is -0.132. The molecule has 1 saturated heterocycles. The van der Waals surface area contributed by atoms with Crippen LogP contribution in [0, 0.1) is 0 Å². The molecule has 0 radical (unpaired) electrons. The zero-order chi connectivity index (χ0) is 11.5. The van der Waals surface area contributed by atoms with E-state index >= 15 is 0 Å². The van der Waals surface area contributed by atoms with E-state index < -0.39 is 0 Å². The van der Waals surface area contributed by atoms with E-state index in [4.69, 9.17) is 0 Å². The van der Waals surface area contributed by atoms with Crippen LogP contribution in [0.5, 0.6) is 5.75 Å². The molecular weight excluding hydrogens is 206 g/mol. The summed E-state index contributed by atoms with van der Waals surface area (Å²) >= 11 is 0. The van der Waals surface area contributed by atoms with E-state index in [-0.39, 0.29) is 11.7 Å². The molecule has 1 fully saturated rings. The Morgan fingerprint density at radius 3 is 2.75 bits per heavy atom. The minimum absolute atomic E-state index is 0.201. The summed E-state index contributed by atoms with van der Waals surface area (Å²) < 4.78 is 1.79. The van der Waals surface area contributed by atoms with Crippen molar-refractivity contribution < 1.29 is 9.90 Å². The first-order valence-corrected chi connectivity index (χ1v) is 5.71. The molecule has 0 aliphatic carbocycles. The molecule has 2 heterocycles. The number of hydrogen-bond donors (Lipinski definition) is 1. The summed E-state index contributed by atoms with van der Waals surface area (Å²) in [5.41, 5.74) is 0. The van der Waals surface area contributed by atoms with Gasteiger partial charge in [0, 0.05) is 19.5 Å². The number of nitrogens with zero attached hydrogens (tertiary/aromatic N) is 3. The highest BCUT2D eigenvalue weighted by atomic mass is 16.3. The quantitative estimate of drug-likeness (QED) is 0.818. The van der Waals surface area contributed by atoms with Crippen molar-refractivity contribution in [2.24, 2.45) is 0 Å². The molecule has 0 unspecified atom stereocenters. The van der Waals surface area contributed by atoms with Crippen LogP contribution in [0.1, 0.15) is 32.2 Å². The Balaban J connectivity index is 1.92.